The molecule has 0 unspecified atom stereocenters. The van der Waals surface area contributed by atoms with E-state index in [0.717, 1.165) is 12.8 Å². The minimum Gasteiger partial charge on any atom is -0.460 e. The third-order valence-corrected chi connectivity index (χ3v) is 1.21. The van der Waals surface area contributed by atoms with Crippen LogP contribution >= 0.6 is 11.8 Å². The number of nitrogens with two attached hydrogens (primary N) is 1. The van der Waals surface area contributed by atoms with Crippen LogP contribution in [0.15, 0.2) is 4.51 Å². The number of amidine groups is 1. The number of unbranched alkanes of at least 4 members (excludes halogenated alkanes) is 1. The summed E-state index contributed by atoms with van der Waals surface area (Å²) in [6, 6.07) is 0. The van der Waals surface area contributed by atoms with E-state index in [1.165, 1.54) is 0 Å². The van der Waals surface area contributed by atoms with E-state index in [4.69, 9.17) is 17.5 Å². The molecule has 0 saturated heterocycles. The van der Waals surface area contributed by atoms with Gasteiger partial charge in [-0.15, -0.1) is 0 Å². The van der Waals surface area contributed by atoms with Crippen molar-refractivity contribution in [3.05, 3.63) is 0 Å². The van der Waals surface area contributed by atoms with Crippen molar-refractivity contribution in [2.24, 2.45) is 10.2 Å². The highest BCUT2D eigenvalue weighted by Crippen LogP contribution is 1.89. The molecule has 0 atom stereocenters. The molecule has 0 amide bonds. The van der Waals surface area contributed by atoms with Gasteiger partial charge in [0.25, 0.3) is 0 Å². The molecule has 5 heteroatoms. The normalized spacial score (nSPS) is 11.3. The number of ether oxygens (including phenoxy) is 1. The highest BCUT2D eigenvalue weighted by molar-refractivity contribution is 6.39. The highest BCUT2D eigenvalue weighted by atomic mass is 35.5. The van der Waals surface area contributed by atoms with Gasteiger partial charge in [0.15, 0.2) is 0 Å². The van der Waals surface area contributed by atoms with Crippen LogP contribution in [0.1, 0.15) is 19.8 Å². The van der Waals surface area contributed by atoms with Gasteiger partial charge in [0.05, 0.1) is 6.61 Å². The van der Waals surface area contributed by atoms with Crippen LogP contribution in [0, 0.1) is 0 Å². The van der Waals surface area contributed by atoms with E-state index < -0.39 is 5.97 Å². The van der Waals surface area contributed by atoms with Crippen LogP contribution in [0.3, 0.4) is 0 Å². The Morgan fingerprint density at radius 1 is 1.73 bits per heavy atom. The fourth-order valence-electron chi connectivity index (χ4n) is 0.418. The van der Waals surface area contributed by atoms with Crippen molar-refractivity contribution in [1.82, 2.24) is 0 Å². The lowest BCUT2D eigenvalue weighted by Crippen LogP contribution is -2.25. The number of hydrogen-bond acceptors (Lipinski definition) is 3. The zero-order chi connectivity index (χ0) is 8.69. The van der Waals surface area contributed by atoms with Gasteiger partial charge in [-0.05, 0) is 6.42 Å². The molecule has 0 bridgehead atoms. The zero-order valence-corrected chi connectivity index (χ0v) is 7.10. The second-order valence-corrected chi connectivity index (χ2v) is 2.13. The molecule has 0 aliphatic carbocycles. The van der Waals surface area contributed by atoms with Crippen molar-refractivity contribution in [2.75, 3.05) is 6.61 Å². The van der Waals surface area contributed by atoms with E-state index in [0.29, 0.717) is 6.61 Å². The fraction of sp³-hybridized carbons (Fsp3) is 0.667. The summed E-state index contributed by atoms with van der Waals surface area (Å²) in [7, 11) is 0. The SMILES string of the molecule is CCCCOC(=O)/C(N)=N/Cl. The molecular formula is C6H11ClN2O2. The molecule has 0 aliphatic rings. The number of esters is 1. The molecule has 0 aromatic carbocycles. The number of hydrogen-bond donors (Lipinski definition) is 1. The van der Waals surface area contributed by atoms with Crippen LogP contribution in [0.25, 0.3) is 0 Å². The lowest BCUT2D eigenvalue weighted by molar-refractivity contribution is -0.135. The molecule has 0 rings (SSSR count). The lowest BCUT2D eigenvalue weighted by Gasteiger charge is -2.00. The van der Waals surface area contributed by atoms with Crippen molar-refractivity contribution < 1.29 is 9.53 Å². The van der Waals surface area contributed by atoms with Crippen LogP contribution < -0.4 is 5.73 Å². The molecule has 0 aliphatic heterocycles. The molecule has 0 heterocycles. The van der Waals surface area contributed by atoms with Crippen LogP contribution in [0.5, 0.6) is 0 Å². The molecule has 0 aromatic heterocycles. The summed E-state index contributed by atoms with van der Waals surface area (Å²) in [4.78, 5) is 10.7. The lowest BCUT2D eigenvalue weighted by atomic mass is 10.4. The Morgan fingerprint density at radius 3 is 2.82 bits per heavy atom. The molecule has 4 nitrogen and oxygen atoms in total. The van der Waals surface area contributed by atoms with Gasteiger partial charge in [0, 0.05) is 11.8 Å². The third-order valence-electron chi connectivity index (χ3n) is 1.03. The topological polar surface area (TPSA) is 64.7 Å². The molecule has 0 fully saturated rings. The molecule has 0 saturated carbocycles. The van der Waals surface area contributed by atoms with Crippen molar-refractivity contribution >= 4 is 23.6 Å². The molecule has 0 radical (unpaired) electrons. The van der Waals surface area contributed by atoms with E-state index in [-0.39, 0.29) is 5.84 Å². The first-order valence-corrected chi connectivity index (χ1v) is 3.67. The Balaban J connectivity index is 3.53. The van der Waals surface area contributed by atoms with Crippen LogP contribution in [0.2, 0.25) is 0 Å². The minimum absolute atomic E-state index is 0.303. The quantitative estimate of drug-likeness (QED) is 0.302. The van der Waals surface area contributed by atoms with Gasteiger partial charge in [0.1, 0.15) is 0 Å². The van der Waals surface area contributed by atoms with Crippen LogP contribution in [-0.2, 0) is 9.53 Å². The predicted molar refractivity (Wildman–Crippen MR) is 43.3 cm³/mol. The molecule has 64 valence electrons. The average Bonchev–Trinajstić information content (AvgIpc) is 2.03. The van der Waals surface area contributed by atoms with E-state index in [1.54, 1.807) is 0 Å². The maximum atomic E-state index is 10.7. The number of rotatable bonds is 3. The maximum Gasteiger partial charge on any atom is 0.374 e. The van der Waals surface area contributed by atoms with Gasteiger partial charge in [-0.2, -0.15) is 4.51 Å². The molecule has 0 aromatic rings. The molecule has 0 spiro atoms. The molecule has 11 heavy (non-hydrogen) atoms. The summed E-state index contributed by atoms with van der Waals surface area (Å²) >= 11 is 4.92. The van der Waals surface area contributed by atoms with Crippen LogP contribution in [0.4, 0.5) is 0 Å². The van der Waals surface area contributed by atoms with Gasteiger partial charge in [-0.1, -0.05) is 13.3 Å². The minimum atomic E-state index is -0.659. The summed E-state index contributed by atoms with van der Waals surface area (Å²) in [5, 5.41) is 0. The standard InChI is InChI=1S/C6H11ClN2O2/c1-2-3-4-11-6(10)5(8)9-7/h2-4H2,1H3,(H2,8,9). The fourth-order valence-corrected chi connectivity index (χ4v) is 0.487. The first-order valence-electron chi connectivity index (χ1n) is 3.34. The first kappa shape index (κ1) is 10.2. The van der Waals surface area contributed by atoms with Gasteiger partial charge in [-0.3, -0.25) is 0 Å². The van der Waals surface area contributed by atoms with Gasteiger partial charge < -0.3 is 10.5 Å². The maximum absolute atomic E-state index is 10.7. The number of carbonyl (C=O) groups is 1. The summed E-state index contributed by atoms with van der Waals surface area (Å²) in [6.45, 7) is 2.36. The van der Waals surface area contributed by atoms with Gasteiger partial charge >= 0.3 is 5.97 Å². The van der Waals surface area contributed by atoms with Crippen molar-refractivity contribution in [3.63, 3.8) is 0 Å². The predicted octanol–water partition coefficient (Wildman–Crippen LogP) is 0.841. The monoisotopic (exact) mass is 178 g/mol. The summed E-state index contributed by atoms with van der Waals surface area (Å²) < 4.78 is 7.62. The zero-order valence-electron chi connectivity index (χ0n) is 6.34. The van der Waals surface area contributed by atoms with E-state index >= 15 is 0 Å². The number of halogens is 1. The molecular weight excluding hydrogens is 168 g/mol. The van der Waals surface area contributed by atoms with E-state index in [2.05, 4.69) is 9.25 Å². The highest BCUT2D eigenvalue weighted by Gasteiger charge is 2.06. The second-order valence-electron chi connectivity index (χ2n) is 1.96. The van der Waals surface area contributed by atoms with E-state index in [9.17, 15) is 4.79 Å². The Labute approximate surface area is 70.5 Å². The Kier molecular flexibility index (Phi) is 5.56. The van der Waals surface area contributed by atoms with E-state index in [1.807, 2.05) is 6.92 Å². The third kappa shape index (κ3) is 4.61. The first-order chi connectivity index (χ1) is 5.22. The average molecular weight is 179 g/mol. The van der Waals surface area contributed by atoms with Crippen molar-refractivity contribution in [3.8, 4) is 0 Å². The number of nitrogens with zero attached hydrogens (tertiary/aromatic N) is 1. The number of carbonyl (C=O) groups excluding carboxylic acids is 1. The van der Waals surface area contributed by atoms with Crippen LogP contribution in [-0.4, -0.2) is 18.4 Å². The summed E-state index contributed by atoms with van der Waals surface area (Å²) in [6.07, 6.45) is 1.78. The Bertz CT molecular complexity index is 159. The largest absolute Gasteiger partial charge is 0.460 e. The summed E-state index contributed by atoms with van der Waals surface area (Å²) in [5.74, 6) is -0.962. The second kappa shape index (κ2) is 5.97. The van der Waals surface area contributed by atoms with Gasteiger partial charge in [-0.25, -0.2) is 4.79 Å². The summed E-state index contributed by atoms with van der Waals surface area (Å²) in [5.41, 5.74) is 5.04. The van der Waals surface area contributed by atoms with Crippen molar-refractivity contribution in [2.45, 2.75) is 19.8 Å². The van der Waals surface area contributed by atoms with Crippen molar-refractivity contribution in [1.29, 1.82) is 0 Å². The molecule has 2 N–H and O–H groups in total. The Morgan fingerprint density at radius 2 is 2.36 bits per heavy atom. The smallest absolute Gasteiger partial charge is 0.374 e. The van der Waals surface area contributed by atoms with Gasteiger partial charge in [0.2, 0.25) is 5.84 Å². The Hall–Kier alpha value is -0.770.